The maximum absolute atomic E-state index is 5.47. The second-order valence-electron chi connectivity index (χ2n) is 8.01. The Balaban J connectivity index is 1.48. The Hall–Kier alpha value is -3.94. The Morgan fingerprint density at radius 2 is 1.88 bits per heavy atom. The number of benzene rings is 1. The number of nitrogens with zero attached hydrogens (tertiary/aromatic N) is 6. The Morgan fingerprint density at radius 3 is 2.70 bits per heavy atom. The van der Waals surface area contributed by atoms with E-state index in [9.17, 15) is 0 Å². The summed E-state index contributed by atoms with van der Waals surface area (Å²) in [6.45, 7) is 1.99. The molecule has 0 saturated heterocycles. The van der Waals surface area contributed by atoms with E-state index in [-0.39, 0.29) is 6.04 Å². The van der Waals surface area contributed by atoms with Gasteiger partial charge in [0.2, 0.25) is 0 Å². The molecule has 3 aromatic heterocycles. The minimum atomic E-state index is 0.0270. The number of hydrogen-bond donors (Lipinski definition) is 0. The van der Waals surface area contributed by atoms with E-state index >= 15 is 0 Å². The van der Waals surface area contributed by atoms with Crippen molar-refractivity contribution in [3.8, 4) is 22.6 Å². The number of aryl methyl sites for hydroxylation is 2. The van der Waals surface area contributed by atoms with Crippen LogP contribution in [-0.4, -0.2) is 34.4 Å². The molecule has 166 valence electrons. The normalized spacial score (nSPS) is 15.5. The van der Waals surface area contributed by atoms with Gasteiger partial charge in [-0.25, -0.2) is 4.98 Å². The zero-order valence-electron chi connectivity index (χ0n) is 18.8. The minimum absolute atomic E-state index is 0.0270. The average molecular weight is 441 g/mol. The molecule has 1 aliphatic carbocycles. The SMILES string of the molecule is COc1cc2nncc(-c3cnc(N=NC4CCCc5ncccc54)c(C)c3)c2cc1OC. The molecule has 0 amide bonds. The largest absolute Gasteiger partial charge is 0.493 e. The zero-order chi connectivity index (χ0) is 22.8. The topological polar surface area (TPSA) is 94.7 Å². The number of fused-ring (bicyclic) bond motifs is 2. The van der Waals surface area contributed by atoms with Crippen molar-refractivity contribution in [3.63, 3.8) is 0 Å². The van der Waals surface area contributed by atoms with Crippen molar-refractivity contribution < 1.29 is 9.47 Å². The minimum Gasteiger partial charge on any atom is -0.493 e. The Kier molecular flexibility index (Phi) is 5.64. The van der Waals surface area contributed by atoms with E-state index in [0.717, 1.165) is 52.5 Å². The molecule has 0 radical (unpaired) electrons. The quantitative estimate of drug-likeness (QED) is 0.376. The van der Waals surface area contributed by atoms with Gasteiger partial charge in [0.1, 0.15) is 0 Å². The van der Waals surface area contributed by atoms with Crippen molar-refractivity contribution >= 4 is 16.7 Å². The van der Waals surface area contributed by atoms with E-state index in [1.165, 1.54) is 5.56 Å². The van der Waals surface area contributed by atoms with Crippen LogP contribution in [0.5, 0.6) is 11.5 Å². The molecule has 0 aliphatic heterocycles. The number of aromatic nitrogens is 4. The summed E-state index contributed by atoms with van der Waals surface area (Å²) in [7, 11) is 3.22. The maximum atomic E-state index is 5.47. The average Bonchev–Trinajstić information content (AvgIpc) is 2.86. The van der Waals surface area contributed by atoms with Gasteiger partial charge in [-0.05, 0) is 55.5 Å². The van der Waals surface area contributed by atoms with E-state index in [4.69, 9.17) is 9.47 Å². The molecule has 0 spiro atoms. The molecule has 1 aliphatic rings. The number of pyridine rings is 2. The Bertz CT molecular complexity index is 1350. The van der Waals surface area contributed by atoms with Gasteiger partial charge in [0.25, 0.3) is 0 Å². The van der Waals surface area contributed by atoms with Crippen molar-refractivity contribution in [2.45, 2.75) is 32.2 Å². The van der Waals surface area contributed by atoms with Crippen molar-refractivity contribution in [2.24, 2.45) is 10.2 Å². The van der Waals surface area contributed by atoms with Crippen LogP contribution < -0.4 is 9.47 Å². The third-order valence-electron chi connectivity index (χ3n) is 5.97. The first-order valence-electron chi connectivity index (χ1n) is 10.9. The number of ether oxygens (including phenoxy) is 2. The summed E-state index contributed by atoms with van der Waals surface area (Å²) in [5, 5.41) is 18.4. The van der Waals surface area contributed by atoms with Crippen LogP contribution in [0, 0.1) is 6.92 Å². The first-order valence-corrected chi connectivity index (χ1v) is 10.9. The molecule has 3 heterocycles. The van der Waals surface area contributed by atoms with Gasteiger partial charge in [-0.1, -0.05) is 6.07 Å². The number of methoxy groups -OCH3 is 2. The summed E-state index contributed by atoms with van der Waals surface area (Å²) >= 11 is 0. The van der Waals surface area contributed by atoms with Gasteiger partial charge in [0.15, 0.2) is 17.3 Å². The number of rotatable bonds is 5. The van der Waals surface area contributed by atoms with Gasteiger partial charge in [0.05, 0.1) is 32.0 Å². The Labute approximate surface area is 191 Å². The summed E-state index contributed by atoms with van der Waals surface area (Å²) in [4.78, 5) is 9.09. The molecular weight excluding hydrogens is 416 g/mol. The van der Waals surface area contributed by atoms with E-state index in [1.807, 2.05) is 37.4 Å². The number of azo groups is 1. The molecule has 0 saturated carbocycles. The van der Waals surface area contributed by atoms with Crippen LogP contribution in [0.3, 0.4) is 0 Å². The van der Waals surface area contributed by atoms with Gasteiger partial charge in [0, 0.05) is 40.7 Å². The predicted octanol–water partition coefficient (Wildman–Crippen LogP) is 5.57. The fourth-order valence-corrected chi connectivity index (χ4v) is 4.26. The van der Waals surface area contributed by atoms with Crippen molar-refractivity contribution in [1.82, 2.24) is 20.2 Å². The van der Waals surface area contributed by atoms with Gasteiger partial charge >= 0.3 is 0 Å². The van der Waals surface area contributed by atoms with Crippen LogP contribution in [0.25, 0.3) is 22.0 Å². The lowest BCUT2D eigenvalue weighted by atomic mass is 9.92. The highest BCUT2D eigenvalue weighted by Crippen LogP contribution is 2.37. The van der Waals surface area contributed by atoms with Crippen molar-refractivity contribution in [2.75, 3.05) is 14.2 Å². The van der Waals surface area contributed by atoms with Crippen LogP contribution in [-0.2, 0) is 6.42 Å². The smallest absolute Gasteiger partial charge is 0.176 e. The summed E-state index contributed by atoms with van der Waals surface area (Å²) < 4.78 is 10.9. The van der Waals surface area contributed by atoms with E-state index < -0.39 is 0 Å². The Morgan fingerprint density at radius 1 is 1.03 bits per heavy atom. The third kappa shape index (κ3) is 4.00. The monoisotopic (exact) mass is 440 g/mol. The molecule has 0 N–H and O–H groups in total. The molecule has 1 atom stereocenters. The van der Waals surface area contributed by atoms with E-state index in [1.54, 1.807) is 26.6 Å². The van der Waals surface area contributed by atoms with Gasteiger partial charge < -0.3 is 9.47 Å². The van der Waals surface area contributed by atoms with Crippen LogP contribution in [0.15, 0.2) is 59.2 Å². The van der Waals surface area contributed by atoms with Gasteiger partial charge in [-0.2, -0.15) is 15.3 Å². The first-order chi connectivity index (χ1) is 16.2. The maximum Gasteiger partial charge on any atom is 0.176 e. The van der Waals surface area contributed by atoms with E-state index in [2.05, 4.69) is 36.5 Å². The van der Waals surface area contributed by atoms with E-state index in [0.29, 0.717) is 17.3 Å². The highest BCUT2D eigenvalue weighted by Gasteiger charge is 2.20. The predicted molar refractivity (Wildman–Crippen MR) is 125 cm³/mol. The standard InChI is InChI=1S/C25H24N6O2/c1-15-10-16(19-14-28-29-22-12-24(33-3)23(32-2)11-18(19)22)13-27-25(15)31-30-21-8-4-7-20-17(21)6-5-9-26-20/h5-6,9-14,21H,4,7-8H2,1-3H3. The molecule has 5 rings (SSSR count). The molecule has 4 aromatic rings. The van der Waals surface area contributed by atoms with Gasteiger partial charge in [-0.3, -0.25) is 4.98 Å². The fourth-order valence-electron chi connectivity index (χ4n) is 4.26. The molecule has 8 heteroatoms. The molecule has 0 bridgehead atoms. The molecule has 33 heavy (non-hydrogen) atoms. The molecule has 1 aromatic carbocycles. The molecular formula is C25H24N6O2. The van der Waals surface area contributed by atoms with Crippen LogP contribution in [0.4, 0.5) is 5.82 Å². The first kappa shape index (κ1) is 20.9. The summed E-state index contributed by atoms with van der Waals surface area (Å²) in [6, 6.07) is 9.87. The summed E-state index contributed by atoms with van der Waals surface area (Å²) in [6.07, 6.45) is 8.41. The molecule has 0 fully saturated rings. The molecule has 8 nitrogen and oxygen atoms in total. The summed E-state index contributed by atoms with van der Waals surface area (Å²) in [5.41, 5.74) is 5.77. The lowest BCUT2D eigenvalue weighted by molar-refractivity contribution is 0.356. The van der Waals surface area contributed by atoms with Crippen molar-refractivity contribution in [3.05, 3.63) is 65.7 Å². The second kappa shape index (κ2) is 8.90. The van der Waals surface area contributed by atoms with Gasteiger partial charge in [-0.15, -0.1) is 5.11 Å². The van der Waals surface area contributed by atoms with Crippen LogP contribution in [0.2, 0.25) is 0 Å². The van der Waals surface area contributed by atoms with Crippen molar-refractivity contribution in [1.29, 1.82) is 0 Å². The fraction of sp³-hybridized carbons (Fsp3) is 0.280. The second-order valence-corrected chi connectivity index (χ2v) is 8.01. The lowest BCUT2D eigenvalue weighted by Crippen LogP contribution is -2.09. The highest BCUT2D eigenvalue weighted by molar-refractivity contribution is 5.95. The zero-order valence-corrected chi connectivity index (χ0v) is 18.8. The number of hydrogen-bond acceptors (Lipinski definition) is 8. The highest BCUT2D eigenvalue weighted by atomic mass is 16.5. The summed E-state index contributed by atoms with van der Waals surface area (Å²) in [5.74, 6) is 1.86. The third-order valence-corrected chi connectivity index (χ3v) is 5.97. The van der Waals surface area contributed by atoms with Crippen LogP contribution in [0.1, 0.15) is 35.7 Å². The lowest BCUT2D eigenvalue weighted by Gasteiger charge is -2.20. The van der Waals surface area contributed by atoms with Crippen LogP contribution >= 0.6 is 0 Å². The molecule has 1 unspecified atom stereocenters.